The minimum Gasteiger partial charge on any atom is -0.478 e. The molecule has 0 aliphatic carbocycles. The monoisotopic (exact) mass is 296 g/mol. The zero-order valence-corrected chi connectivity index (χ0v) is 10.6. The molecule has 20 heavy (non-hydrogen) atoms. The standard InChI is InChI=1S/C12H8O7S/c13-11(14)8-5-6-3-1-2-4-7(6)9(12(15)16)10(8)20(17,18)19/h1-5H,(H,13,14)(H,15,16)(H,17,18,19). The van der Waals surface area contributed by atoms with Crippen LogP contribution in [0.1, 0.15) is 20.7 Å². The summed E-state index contributed by atoms with van der Waals surface area (Å²) in [5.41, 5.74) is -1.55. The summed E-state index contributed by atoms with van der Waals surface area (Å²) in [6.45, 7) is 0. The third-order valence-corrected chi connectivity index (χ3v) is 3.64. The number of carboxylic acids is 2. The van der Waals surface area contributed by atoms with Gasteiger partial charge in [-0.05, 0) is 16.8 Å². The second-order valence-electron chi connectivity index (χ2n) is 3.93. The summed E-state index contributed by atoms with van der Waals surface area (Å²) in [6.07, 6.45) is 0. The molecule has 0 atom stereocenters. The van der Waals surface area contributed by atoms with E-state index in [1.807, 2.05) is 0 Å². The van der Waals surface area contributed by atoms with Crippen LogP contribution in [0.15, 0.2) is 35.2 Å². The van der Waals surface area contributed by atoms with Crippen LogP contribution in [0, 0.1) is 0 Å². The molecular weight excluding hydrogens is 288 g/mol. The van der Waals surface area contributed by atoms with Gasteiger partial charge in [0.05, 0.1) is 11.1 Å². The number of fused-ring (bicyclic) bond motifs is 1. The Morgan fingerprint density at radius 3 is 2.10 bits per heavy atom. The number of carbonyl (C=O) groups is 2. The lowest BCUT2D eigenvalue weighted by atomic mass is 10.0. The fourth-order valence-corrected chi connectivity index (χ4v) is 2.85. The average molecular weight is 296 g/mol. The van der Waals surface area contributed by atoms with E-state index in [4.69, 9.17) is 14.8 Å². The highest BCUT2D eigenvalue weighted by molar-refractivity contribution is 7.86. The van der Waals surface area contributed by atoms with Gasteiger partial charge in [-0.15, -0.1) is 0 Å². The maximum Gasteiger partial charge on any atom is 0.337 e. The molecule has 104 valence electrons. The van der Waals surface area contributed by atoms with E-state index in [0.717, 1.165) is 6.07 Å². The number of carboxylic acid groups (broad SMARTS) is 2. The van der Waals surface area contributed by atoms with E-state index < -0.39 is 38.1 Å². The molecule has 8 heteroatoms. The summed E-state index contributed by atoms with van der Waals surface area (Å²) < 4.78 is 31.9. The van der Waals surface area contributed by atoms with Gasteiger partial charge in [0.2, 0.25) is 0 Å². The van der Waals surface area contributed by atoms with Gasteiger partial charge >= 0.3 is 11.9 Å². The first kappa shape index (κ1) is 14.0. The van der Waals surface area contributed by atoms with Crippen molar-refractivity contribution in [2.75, 3.05) is 0 Å². The Morgan fingerprint density at radius 2 is 1.60 bits per heavy atom. The summed E-state index contributed by atoms with van der Waals surface area (Å²) in [5.74, 6) is -3.29. The molecule has 0 heterocycles. The molecule has 0 aliphatic rings. The van der Waals surface area contributed by atoms with Crippen molar-refractivity contribution in [2.45, 2.75) is 4.90 Å². The third kappa shape index (κ3) is 2.22. The lowest BCUT2D eigenvalue weighted by molar-refractivity contribution is 0.0690. The molecule has 0 spiro atoms. The van der Waals surface area contributed by atoms with Gasteiger partial charge in [-0.3, -0.25) is 4.55 Å². The molecule has 0 fully saturated rings. The van der Waals surface area contributed by atoms with Crippen molar-refractivity contribution in [3.8, 4) is 0 Å². The van der Waals surface area contributed by atoms with Gasteiger partial charge in [0.1, 0.15) is 4.90 Å². The Bertz CT molecular complexity index is 836. The Hall–Kier alpha value is -2.45. The lowest BCUT2D eigenvalue weighted by Gasteiger charge is -2.10. The number of hydrogen-bond donors (Lipinski definition) is 3. The first-order valence-corrected chi connectivity index (χ1v) is 6.67. The van der Waals surface area contributed by atoms with Crippen LogP contribution in [0.4, 0.5) is 0 Å². The molecule has 0 amide bonds. The van der Waals surface area contributed by atoms with E-state index in [1.165, 1.54) is 18.2 Å². The van der Waals surface area contributed by atoms with E-state index in [9.17, 15) is 18.0 Å². The van der Waals surface area contributed by atoms with Crippen LogP contribution in [0.2, 0.25) is 0 Å². The van der Waals surface area contributed by atoms with Gasteiger partial charge in [0, 0.05) is 0 Å². The van der Waals surface area contributed by atoms with Crippen molar-refractivity contribution in [1.29, 1.82) is 0 Å². The third-order valence-electron chi connectivity index (χ3n) is 2.70. The molecule has 0 unspecified atom stereocenters. The van der Waals surface area contributed by atoms with Gasteiger partial charge in [0.15, 0.2) is 0 Å². The van der Waals surface area contributed by atoms with Crippen LogP contribution < -0.4 is 0 Å². The fraction of sp³-hybridized carbons (Fsp3) is 0. The van der Waals surface area contributed by atoms with Crippen molar-refractivity contribution in [2.24, 2.45) is 0 Å². The van der Waals surface area contributed by atoms with Gasteiger partial charge in [-0.25, -0.2) is 9.59 Å². The Kier molecular flexibility index (Phi) is 3.20. The fourth-order valence-electron chi connectivity index (χ4n) is 1.97. The van der Waals surface area contributed by atoms with Crippen molar-refractivity contribution in [3.05, 3.63) is 41.5 Å². The highest BCUT2D eigenvalue weighted by Gasteiger charge is 2.29. The number of benzene rings is 2. The Morgan fingerprint density at radius 1 is 1.00 bits per heavy atom. The van der Waals surface area contributed by atoms with Crippen LogP contribution in [0.3, 0.4) is 0 Å². The maximum atomic E-state index is 11.4. The molecule has 2 rings (SSSR count). The molecule has 0 aromatic heterocycles. The van der Waals surface area contributed by atoms with Gasteiger partial charge in [0.25, 0.3) is 10.1 Å². The highest BCUT2D eigenvalue weighted by Crippen LogP contribution is 2.29. The topological polar surface area (TPSA) is 129 Å². The summed E-state index contributed by atoms with van der Waals surface area (Å²) in [7, 11) is -5.01. The summed E-state index contributed by atoms with van der Waals surface area (Å²) >= 11 is 0. The first-order valence-electron chi connectivity index (χ1n) is 5.23. The number of aromatic carboxylic acids is 2. The van der Waals surface area contributed by atoms with Crippen molar-refractivity contribution in [1.82, 2.24) is 0 Å². The normalized spacial score (nSPS) is 11.4. The van der Waals surface area contributed by atoms with Crippen LogP contribution in [0.25, 0.3) is 10.8 Å². The molecule has 3 N–H and O–H groups in total. The summed E-state index contributed by atoms with van der Waals surface area (Å²) in [6, 6.07) is 6.81. The molecule has 2 aromatic carbocycles. The molecule has 7 nitrogen and oxygen atoms in total. The Labute approximate surface area is 112 Å². The van der Waals surface area contributed by atoms with Gasteiger partial charge in [-0.2, -0.15) is 8.42 Å². The number of rotatable bonds is 3. The van der Waals surface area contributed by atoms with E-state index in [0.29, 0.717) is 0 Å². The summed E-state index contributed by atoms with van der Waals surface area (Å²) in [4.78, 5) is 21.3. The average Bonchev–Trinajstić information content (AvgIpc) is 2.34. The first-order chi connectivity index (χ1) is 9.23. The van der Waals surface area contributed by atoms with E-state index >= 15 is 0 Å². The lowest BCUT2D eigenvalue weighted by Crippen LogP contribution is -2.15. The Balaban J connectivity index is 3.14. The molecule has 0 radical (unpaired) electrons. The smallest absolute Gasteiger partial charge is 0.337 e. The van der Waals surface area contributed by atoms with Crippen molar-refractivity contribution >= 4 is 32.8 Å². The molecular formula is C12H8O7S. The van der Waals surface area contributed by atoms with Crippen LogP contribution in [0.5, 0.6) is 0 Å². The SMILES string of the molecule is O=C(O)c1cc2ccccc2c(C(=O)O)c1S(=O)(=O)O. The highest BCUT2D eigenvalue weighted by atomic mass is 32.2. The molecule has 0 saturated carbocycles. The molecule has 0 saturated heterocycles. The molecule has 2 aromatic rings. The quantitative estimate of drug-likeness (QED) is 0.731. The van der Waals surface area contributed by atoms with E-state index in [2.05, 4.69) is 0 Å². The zero-order chi connectivity index (χ0) is 15.1. The minimum absolute atomic E-state index is 0.0256. The van der Waals surface area contributed by atoms with E-state index in [1.54, 1.807) is 6.07 Å². The van der Waals surface area contributed by atoms with Crippen LogP contribution in [-0.4, -0.2) is 35.1 Å². The second kappa shape index (κ2) is 4.58. The minimum atomic E-state index is -5.01. The van der Waals surface area contributed by atoms with Gasteiger partial charge < -0.3 is 10.2 Å². The summed E-state index contributed by atoms with van der Waals surface area (Å²) in [5, 5.41) is 18.5. The van der Waals surface area contributed by atoms with Gasteiger partial charge in [-0.1, -0.05) is 24.3 Å². The van der Waals surface area contributed by atoms with Crippen LogP contribution >= 0.6 is 0 Å². The van der Waals surface area contributed by atoms with Crippen LogP contribution in [-0.2, 0) is 10.1 Å². The molecule has 0 bridgehead atoms. The predicted octanol–water partition coefficient (Wildman–Crippen LogP) is 1.48. The number of hydrogen-bond acceptors (Lipinski definition) is 4. The van der Waals surface area contributed by atoms with E-state index in [-0.39, 0.29) is 10.8 Å². The zero-order valence-electron chi connectivity index (χ0n) is 9.77. The molecule has 0 aliphatic heterocycles. The predicted molar refractivity (Wildman–Crippen MR) is 67.7 cm³/mol. The van der Waals surface area contributed by atoms with Crippen molar-refractivity contribution in [3.63, 3.8) is 0 Å². The largest absolute Gasteiger partial charge is 0.478 e. The maximum absolute atomic E-state index is 11.4. The second-order valence-corrected chi connectivity index (χ2v) is 5.29. The van der Waals surface area contributed by atoms with Crippen molar-refractivity contribution < 1.29 is 32.8 Å².